The second kappa shape index (κ2) is 32.6. The lowest BCUT2D eigenvalue weighted by Gasteiger charge is -2.18. The molecule has 0 radical (unpaired) electrons. The molecule has 0 bridgehead atoms. The zero-order valence-electron chi connectivity index (χ0n) is 45.7. The number of hydrazone groups is 1. The molecule has 0 fully saturated rings. The van der Waals surface area contributed by atoms with Gasteiger partial charge in [-0.15, -0.1) is 20.4 Å². The summed E-state index contributed by atoms with van der Waals surface area (Å²) in [6.45, 7) is 8.72. The van der Waals surface area contributed by atoms with Crippen LogP contribution in [0.15, 0.2) is 109 Å². The van der Waals surface area contributed by atoms with E-state index in [-0.39, 0.29) is 49.0 Å². The van der Waals surface area contributed by atoms with E-state index in [0.29, 0.717) is 111 Å². The Hall–Kier alpha value is -10.2. The predicted molar refractivity (Wildman–Crippen MR) is 312 cm³/mol. The number of benzene rings is 5. The standard InChI is InChI=1S/C9H6N4O3.C9H8N4O.C9H9N3O3.C9H7NO4.C9H7NO3S.C7H16O3.CH4.H4N2/c14-13(15)6-1-2-8-7(3-6)12-5-10-11-9(12)4-16-8;10-6-1-2-8-7(3-6)13-5-11-12-9(13)4-14-8;10-11-7-3-6-4-8(12(13)14)1-2-9(6)15-5-7;11-8-4-6-3-7(10(12)13)1-2-9(6)14-5-8;11-10(12)7-1-2-9-6(3-7)4-8(14)5-13-9;1-4-8-7(9-5-2)10-6-3;;1-2/h1-3,5H,4H2;1-3,5H,4,10H2;1-2,4H,3,5,10H2;2*1-3H,4-5H2;7H,4-6H2,1-3H3;1H4;1-2H2/b;;11-7+;;;;;. The summed E-state index contributed by atoms with van der Waals surface area (Å²) in [6, 6.07) is 23.3. The van der Waals surface area contributed by atoms with Crippen LogP contribution >= 0.6 is 12.2 Å². The van der Waals surface area contributed by atoms with Gasteiger partial charge in [0, 0.05) is 115 Å². The van der Waals surface area contributed by atoms with Crippen molar-refractivity contribution in [3.05, 3.63) is 172 Å². The number of carbonyl (C=O) groups excluding carboxylic acids is 1. The van der Waals surface area contributed by atoms with Crippen LogP contribution in [0, 0.1) is 40.5 Å². The van der Waals surface area contributed by atoms with E-state index in [9.17, 15) is 45.3 Å². The summed E-state index contributed by atoms with van der Waals surface area (Å²) < 4.78 is 45.4. The number of nitrogen functional groups attached to an aromatic ring is 1. The van der Waals surface area contributed by atoms with Crippen molar-refractivity contribution in [1.29, 1.82) is 0 Å². The summed E-state index contributed by atoms with van der Waals surface area (Å²) in [6.07, 6.45) is 4.49. The third kappa shape index (κ3) is 18.2. The summed E-state index contributed by atoms with van der Waals surface area (Å²) >= 11 is 5.00. The number of nitro benzene ring substituents is 4. The zero-order chi connectivity index (χ0) is 61.6. The van der Waals surface area contributed by atoms with Gasteiger partial charge in [-0.2, -0.15) is 5.10 Å². The number of thiocarbonyl (C=S) groups is 1. The molecule has 0 aliphatic carbocycles. The molecule has 0 amide bonds. The molecule has 5 aliphatic heterocycles. The minimum absolute atomic E-state index is 0. The Labute approximate surface area is 495 Å². The molecule has 12 rings (SSSR count). The van der Waals surface area contributed by atoms with Crippen LogP contribution < -0.4 is 46.9 Å². The Morgan fingerprint density at radius 3 is 1.40 bits per heavy atom. The van der Waals surface area contributed by atoms with Gasteiger partial charge in [0.15, 0.2) is 17.4 Å². The number of hydrogen-bond donors (Lipinski definition) is 4. The van der Waals surface area contributed by atoms with Gasteiger partial charge in [-0.3, -0.25) is 66.1 Å². The third-order valence-electron chi connectivity index (χ3n) is 11.8. The van der Waals surface area contributed by atoms with Gasteiger partial charge >= 0.3 is 0 Å². The summed E-state index contributed by atoms with van der Waals surface area (Å²) in [5.41, 5.74) is 10.9. The first kappa shape index (κ1) is 66.6. The minimum atomic E-state index is -0.487. The first-order valence-electron chi connectivity index (χ1n) is 25.4. The normalized spacial score (nSPS) is 13.4. The average Bonchev–Trinajstić information content (AvgIpc) is 2.03. The molecule has 2 aromatic heterocycles. The van der Waals surface area contributed by atoms with E-state index in [1.54, 1.807) is 29.1 Å². The Balaban J connectivity index is 0.000000188. The first-order valence-corrected chi connectivity index (χ1v) is 25.8. The van der Waals surface area contributed by atoms with E-state index < -0.39 is 26.2 Å². The largest absolute Gasteiger partial charge is 0.488 e. The van der Waals surface area contributed by atoms with E-state index in [4.69, 9.17) is 61.7 Å². The second-order valence-electron chi connectivity index (χ2n) is 17.4. The lowest BCUT2D eigenvalue weighted by molar-refractivity contribution is -0.385. The number of hydrogen-bond acceptors (Lipinski definition) is 27. The lowest BCUT2D eigenvalue weighted by atomic mass is 10.0. The van der Waals surface area contributed by atoms with Crippen molar-refractivity contribution < 1.29 is 62.4 Å². The fourth-order valence-corrected chi connectivity index (χ4v) is 8.18. The number of carbonyl (C=O) groups is 1. The van der Waals surface area contributed by atoms with Crippen molar-refractivity contribution in [2.75, 3.05) is 45.4 Å². The maximum absolute atomic E-state index is 11.0. The summed E-state index contributed by atoms with van der Waals surface area (Å²) in [4.78, 5) is 52.2. The molecule has 0 unspecified atom stereocenters. The number of nitro groups is 4. The van der Waals surface area contributed by atoms with Crippen LogP contribution in [0.25, 0.3) is 11.4 Å². The van der Waals surface area contributed by atoms with Crippen LogP contribution in [0.1, 0.15) is 56.5 Å². The van der Waals surface area contributed by atoms with Gasteiger partial charge in [-0.05, 0) is 63.2 Å². The number of nitrogens with zero attached hydrogens (tertiary/aromatic N) is 11. The van der Waals surface area contributed by atoms with Crippen molar-refractivity contribution in [2.24, 2.45) is 22.6 Å². The number of anilines is 1. The molecule has 0 spiro atoms. The van der Waals surface area contributed by atoms with E-state index in [1.807, 2.05) is 43.5 Å². The Morgan fingerprint density at radius 2 is 0.942 bits per heavy atom. The molecule has 7 aromatic rings. The molecule has 8 N–H and O–H groups in total. The number of Topliss-reactive ketones (excluding diaryl/α,β-unsaturated/α-hetero) is 1. The highest BCUT2D eigenvalue weighted by Crippen LogP contribution is 2.34. The number of fused-ring (bicyclic) bond motifs is 9. The number of nitrogens with two attached hydrogens (primary N) is 4. The highest BCUT2D eigenvalue weighted by Gasteiger charge is 2.24. The van der Waals surface area contributed by atoms with Gasteiger partial charge in [0.25, 0.3) is 29.2 Å². The van der Waals surface area contributed by atoms with E-state index in [2.05, 4.69) is 37.2 Å². The van der Waals surface area contributed by atoms with Crippen molar-refractivity contribution >= 4 is 57.0 Å². The third-order valence-corrected chi connectivity index (χ3v) is 12.1. The predicted octanol–water partition coefficient (Wildman–Crippen LogP) is 6.49. The topological polar surface area (TPSA) is 441 Å². The van der Waals surface area contributed by atoms with Gasteiger partial charge in [-0.25, -0.2) is 0 Å². The second-order valence-corrected chi connectivity index (χ2v) is 18.0. The maximum atomic E-state index is 11.0. The van der Waals surface area contributed by atoms with Crippen LogP contribution in [0.5, 0.6) is 28.7 Å². The quantitative estimate of drug-likeness (QED) is 0.0284. The average molecular weight is 1210 g/mol. The van der Waals surface area contributed by atoms with E-state index in [0.717, 1.165) is 33.3 Å². The Morgan fingerprint density at radius 1 is 0.558 bits per heavy atom. The van der Waals surface area contributed by atoms with Crippen LogP contribution in [-0.4, -0.2) is 112 Å². The molecular formula is C53H61N15O17S. The Bertz CT molecular complexity index is 3450. The molecule has 456 valence electrons. The maximum Gasteiger partial charge on any atom is 0.271 e. The Kier molecular flexibility index (Phi) is 25.3. The molecule has 7 heterocycles. The highest BCUT2D eigenvalue weighted by molar-refractivity contribution is 7.80. The van der Waals surface area contributed by atoms with Crippen LogP contribution in [-0.2, 0) is 51.5 Å². The lowest BCUT2D eigenvalue weighted by Crippen LogP contribution is -2.22. The van der Waals surface area contributed by atoms with Crippen molar-refractivity contribution in [2.45, 2.75) is 67.2 Å². The smallest absolute Gasteiger partial charge is 0.271 e. The number of aromatic nitrogens is 6. The summed E-state index contributed by atoms with van der Waals surface area (Å²) in [5, 5.41) is 61.0. The fourth-order valence-electron chi connectivity index (χ4n) is 7.96. The number of ketones is 1. The zero-order valence-corrected chi connectivity index (χ0v) is 46.6. The van der Waals surface area contributed by atoms with Crippen molar-refractivity contribution in [3.63, 3.8) is 0 Å². The van der Waals surface area contributed by atoms with Crippen LogP contribution in [0.2, 0.25) is 0 Å². The molecule has 0 saturated carbocycles. The number of ether oxygens (including phenoxy) is 8. The summed E-state index contributed by atoms with van der Waals surface area (Å²) in [5.74, 6) is 17.8. The SMILES string of the molecule is C.CCOC(OCC)OCC.N/N=C1/COc2ccc([N+](=O)[O-])cc2C1.NN.Nc1ccc2c(c1)-n1cnnc1CO2.O=C1COc2ccc([N+](=O)[O-])cc2C1.O=[N+]([O-])c1ccc2c(c1)-n1cnnc1CO2.O=[N+]([O-])c1ccc2c(c1)CC(=S)CO2. The molecule has 5 aliphatic rings. The van der Waals surface area contributed by atoms with Crippen molar-refractivity contribution in [3.8, 4) is 40.1 Å². The summed E-state index contributed by atoms with van der Waals surface area (Å²) in [7, 11) is 0. The number of hydrazine groups is 1. The molecule has 86 heavy (non-hydrogen) atoms. The monoisotopic (exact) mass is 1210 g/mol. The molecule has 32 nitrogen and oxygen atoms in total. The molecule has 33 heteroatoms. The number of rotatable bonds is 10. The highest BCUT2D eigenvalue weighted by atomic mass is 32.1. The first-order chi connectivity index (χ1) is 41.0. The minimum Gasteiger partial charge on any atom is -0.488 e. The molecule has 5 aromatic carbocycles. The van der Waals surface area contributed by atoms with Gasteiger partial charge in [0.1, 0.15) is 74.4 Å². The van der Waals surface area contributed by atoms with E-state index >= 15 is 0 Å². The van der Waals surface area contributed by atoms with Gasteiger partial charge in [0.2, 0.25) is 0 Å². The van der Waals surface area contributed by atoms with Gasteiger partial charge < -0.3 is 49.5 Å². The van der Waals surface area contributed by atoms with Gasteiger partial charge in [0.05, 0.1) is 36.8 Å². The molecular weight excluding hydrogens is 1150 g/mol. The molecule has 0 atom stereocenters. The van der Waals surface area contributed by atoms with Gasteiger partial charge in [-0.1, -0.05) is 19.6 Å². The van der Waals surface area contributed by atoms with Crippen LogP contribution in [0.3, 0.4) is 0 Å². The van der Waals surface area contributed by atoms with E-state index in [1.165, 1.54) is 60.9 Å². The molecule has 0 saturated heterocycles. The number of non-ortho nitro benzene ring substituents is 4. The fraction of sp³-hybridized carbons (Fsp3) is 0.302. The van der Waals surface area contributed by atoms with Crippen molar-refractivity contribution in [1.82, 2.24) is 29.5 Å². The van der Waals surface area contributed by atoms with Crippen LogP contribution in [0.4, 0.5) is 28.4 Å².